The van der Waals surface area contributed by atoms with Gasteiger partial charge in [-0.2, -0.15) is 0 Å². The molecule has 0 bridgehead atoms. The van der Waals surface area contributed by atoms with E-state index in [0.717, 1.165) is 33.9 Å². The van der Waals surface area contributed by atoms with Crippen LogP contribution in [0.15, 0.2) is 36.4 Å². The van der Waals surface area contributed by atoms with Gasteiger partial charge in [-0.05, 0) is 43.4 Å². The second-order valence-corrected chi connectivity index (χ2v) is 7.80. The minimum atomic E-state index is -0.0437. The minimum Gasteiger partial charge on any atom is -0.297 e. The van der Waals surface area contributed by atoms with Gasteiger partial charge in [0.25, 0.3) is 5.91 Å². The van der Waals surface area contributed by atoms with Crippen molar-refractivity contribution in [2.75, 3.05) is 5.32 Å². The van der Waals surface area contributed by atoms with Gasteiger partial charge in [-0.15, -0.1) is 11.3 Å². The van der Waals surface area contributed by atoms with Crippen LogP contribution in [-0.2, 0) is 12.8 Å². The largest absolute Gasteiger partial charge is 0.297 e. The summed E-state index contributed by atoms with van der Waals surface area (Å²) in [4.78, 5) is 20.2. The van der Waals surface area contributed by atoms with E-state index in [-0.39, 0.29) is 5.91 Å². The van der Waals surface area contributed by atoms with Crippen molar-refractivity contribution < 1.29 is 4.79 Å². The number of fused-ring (bicyclic) bond motifs is 1. The van der Waals surface area contributed by atoms with E-state index in [0.29, 0.717) is 5.13 Å². The second kappa shape index (κ2) is 5.91. The number of rotatable bonds is 3. The summed E-state index contributed by atoms with van der Waals surface area (Å²) in [5, 5.41) is 3.62. The third-order valence-corrected chi connectivity index (χ3v) is 6.38. The molecule has 0 spiro atoms. The second-order valence-electron chi connectivity index (χ2n) is 5.67. The lowest BCUT2D eigenvalue weighted by molar-refractivity contribution is 0.103. The molecule has 0 unspecified atom stereocenters. The van der Waals surface area contributed by atoms with Crippen LogP contribution in [0.2, 0.25) is 0 Å². The topological polar surface area (TPSA) is 42.0 Å². The van der Waals surface area contributed by atoms with Crippen LogP contribution in [0.4, 0.5) is 5.13 Å². The van der Waals surface area contributed by atoms with Gasteiger partial charge in [0.1, 0.15) is 0 Å². The van der Waals surface area contributed by atoms with Crippen molar-refractivity contribution in [3.8, 4) is 10.4 Å². The number of amides is 1. The first-order chi connectivity index (χ1) is 11.2. The molecule has 0 aliphatic heterocycles. The lowest BCUT2D eigenvalue weighted by Gasteiger charge is -1.98. The summed E-state index contributed by atoms with van der Waals surface area (Å²) in [5.41, 5.74) is 3.43. The lowest BCUT2D eigenvalue weighted by Crippen LogP contribution is -2.09. The zero-order valence-corrected chi connectivity index (χ0v) is 14.4. The molecule has 0 radical (unpaired) electrons. The maximum absolute atomic E-state index is 12.4. The molecule has 4 rings (SSSR count). The summed E-state index contributed by atoms with van der Waals surface area (Å²) in [5.74, 6) is -0.0437. The smallest absolute Gasteiger partial charge is 0.267 e. The van der Waals surface area contributed by atoms with Gasteiger partial charge in [0, 0.05) is 4.88 Å². The quantitative estimate of drug-likeness (QED) is 0.735. The maximum atomic E-state index is 12.4. The molecule has 5 heteroatoms. The fourth-order valence-electron chi connectivity index (χ4n) is 2.91. The molecule has 1 aromatic carbocycles. The van der Waals surface area contributed by atoms with Crippen LogP contribution < -0.4 is 5.32 Å². The molecule has 1 aliphatic rings. The minimum absolute atomic E-state index is 0.0437. The Kier molecular flexibility index (Phi) is 3.75. The Hall–Kier alpha value is -1.98. The number of benzene rings is 1. The molecule has 23 heavy (non-hydrogen) atoms. The Morgan fingerprint density at radius 1 is 1.17 bits per heavy atom. The van der Waals surface area contributed by atoms with Gasteiger partial charge in [-0.25, -0.2) is 4.98 Å². The molecule has 2 heterocycles. The Balaban J connectivity index is 1.56. The van der Waals surface area contributed by atoms with Crippen LogP contribution in [0.25, 0.3) is 10.4 Å². The van der Waals surface area contributed by atoms with E-state index in [4.69, 9.17) is 0 Å². The number of aromatic nitrogens is 1. The predicted octanol–water partition coefficient (Wildman–Crippen LogP) is 4.92. The molecule has 3 aromatic rings. The third-order valence-electron chi connectivity index (χ3n) is 4.02. The fraction of sp³-hybridized carbons (Fsp3) is 0.222. The number of thiazole rings is 1. The summed E-state index contributed by atoms with van der Waals surface area (Å²) in [6.07, 6.45) is 3.44. The molecular formula is C18H16N2OS2. The standard InChI is InChI=1S/C18H16N2OS2/c1-11-16(12-6-3-2-4-7-12)23-18(19-11)20-17(21)15-10-13-8-5-9-14(13)22-15/h2-4,6-7,10H,5,8-9H2,1H3,(H,19,20,21). The van der Waals surface area contributed by atoms with E-state index in [1.165, 1.54) is 28.2 Å². The first kappa shape index (κ1) is 14.6. The molecule has 0 fully saturated rings. The fourth-order valence-corrected chi connectivity index (χ4v) is 5.02. The molecule has 3 nitrogen and oxygen atoms in total. The van der Waals surface area contributed by atoms with Crippen LogP contribution in [0.5, 0.6) is 0 Å². The Morgan fingerprint density at radius 2 is 2.00 bits per heavy atom. The highest BCUT2D eigenvalue weighted by molar-refractivity contribution is 7.19. The molecule has 1 amide bonds. The molecule has 1 N–H and O–H groups in total. The molecule has 0 atom stereocenters. The van der Waals surface area contributed by atoms with E-state index >= 15 is 0 Å². The molecule has 0 saturated carbocycles. The van der Waals surface area contributed by atoms with Crippen molar-refractivity contribution in [2.45, 2.75) is 26.2 Å². The van der Waals surface area contributed by atoms with Gasteiger partial charge >= 0.3 is 0 Å². The summed E-state index contributed by atoms with van der Waals surface area (Å²) < 4.78 is 0. The van der Waals surface area contributed by atoms with Crippen molar-refractivity contribution in [3.05, 3.63) is 57.4 Å². The van der Waals surface area contributed by atoms with E-state index in [1.54, 1.807) is 11.3 Å². The Bertz CT molecular complexity index is 843. The number of carbonyl (C=O) groups excluding carboxylic acids is 1. The highest BCUT2D eigenvalue weighted by Gasteiger charge is 2.19. The van der Waals surface area contributed by atoms with Crippen LogP contribution in [0.3, 0.4) is 0 Å². The van der Waals surface area contributed by atoms with Gasteiger partial charge in [0.15, 0.2) is 5.13 Å². The number of nitrogens with one attached hydrogen (secondary N) is 1. The predicted molar refractivity (Wildman–Crippen MR) is 96.6 cm³/mol. The van der Waals surface area contributed by atoms with Crippen molar-refractivity contribution in [1.29, 1.82) is 0 Å². The van der Waals surface area contributed by atoms with E-state index < -0.39 is 0 Å². The van der Waals surface area contributed by atoms with E-state index in [2.05, 4.69) is 22.4 Å². The van der Waals surface area contributed by atoms with Crippen molar-refractivity contribution in [1.82, 2.24) is 4.98 Å². The van der Waals surface area contributed by atoms with Crippen LogP contribution in [0.1, 0.15) is 32.2 Å². The van der Waals surface area contributed by atoms with Crippen molar-refractivity contribution >= 4 is 33.7 Å². The monoisotopic (exact) mass is 340 g/mol. The number of hydrogen-bond donors (Lipinski definition) is 1. The molecule has 0 saturated heterocycles. The van der Waals surface area contributed by atoms with E-state index in [9.17, 15) is 4.79 Å². The number of nitrogens with zero attached hydrogens (tertiary/aromatic N) is 1. The number of carbonyl (C=O) groups is 1. The third kappa shape index (κ3) is 2.82. The number of hydrogen-bond acceptors (Lipinski definition) is 4. The molecular weight excluding hydrogens is 324 g/mol. The van der Waals surface area contributed by atoms with Crippen LogP contribution in [0, 0.1) is 6.92 Å². The first-order valence-electron chi connectivity index (χ1n) is 7.66. The molecule has 116 valence electrons. The van der Waals surface area contributed by atoms with Crippen LogP contribution in [-0.4, -0.2) is 10.9 Å². The van der Waals surface area contributed by atoms with Gasteiger partial charge in [0.2, 0.25) is 0 Å². The average Bonchev–Trinajstić information content (AvgIpc) is 3.22. The highest BCUT2D eigenvalue weighted by atomic mass is 32.1. The summed E-state index contributed by atoms with van der Waals surface area (Å²) >= 11 is 3.15. The number of thiophene rings is 1. The first-order valence-corrected chi connectivity index (χ1v) is 9.30. The lowest BCUT2D eigenvalue weighted by atomic mass is 10.2. The molecule has 2 aromatic heterocycles. The zero-order chi connectivity index (χ0) is 15.8. The van der Waals surface area contributed by atoms with Gasteiger partial charge in [-0.1, -0.05) is 41.7 Å². The normalized spacial score (nSPS) is 13.1. The SMILES string of the molecule is Cc1nc(NC(=O)c2cc3c(s2)CCC3)sc1-c1ccccc1. The molecule has 1 aliphatic carbocycles. The maximum Gasteiger partial charge on any atom is 0.267 e. The number of aryl methyl sites for hydroxylation is 3. The summed E-state index contributed by atoms with van der Waals surface area (Å²) in [6.45, 7) is 1.98. The summed E-state index contributed by atoms with van der Waals surface area (Å²) in [7, 11) is 0. The average molecular weight is 340 g/mol. The van der Waals surface area contributed by atoms with E-state index in [1.807, 2.05) is 31.2 Å². The Labute approximate surface area is 143 Å². The van der Waals surface area contributed by atoms with Crippen molar-refractivity contribution in [3.63, 3.8) is 0 Å². The highest BCUT2D eigenvalue weighted by Crippen LogP contribution is 2.34. The van der Waals surface area contributed by atoms with Gasteiger partial charge < -0.3 is 0 Å². The van der Waals surface area contributed by atoms with Gasteiger partial charge in [-0.3, -0.25) is 10.1 Å². The Morgan fingerprint density at radius 3 is 2.78 bits per heavy atom. The summed E-state index contributed by atoms with van der Waals surface area (Å²) in [6, 6.07) is 12.2. The number of anilines is 1. The van der Waals surface area contributed by atoms with Crippen LogP contribution >= 0.6 is 22.7 Å². The van der Waals surface area contributed by atoms with Crippen molar-refractivity contribution in [2.24, 2.45) is 0 Å². The zero-order valence-electron chi connectivity index (χ0n) is 12.8. The van der Waals surface area contributed by atoms with Gasteiger partial charge in [0.05, 0.1) is 15.4 Å².